The number of unbranched alkanes of at least 4 members (excludes halogenated alkanes) is 1. The lowest BCUT2D eigenvalue weighted by atomic mass is 10.0. The van der Waals surface area contributed by atoms with Gasteiger partial charge in [0.25, 0.3) is 0 Å². The Bertz CT molecular complexity index is 1100. The van der Waals surface area contributed by atoms with Crippen LogP contribution in [0.15, 0.2) is 72.8 Å². The molecule has 3 aromatic rings. The zero-order valence-electron chi connectivity index (χ0n) is 18.6. The van der Waals surface area contributed by atoms with Gasteiger partial charge in [0.2, 0.25) is 11.8 Å². The highest BCUT2D eigenvalue weighted by Gasteiger charge is 2.24. The molecule has 0 aliphatic heterocycles. The zero-order chi connectivity index (χ0) is 23.6. The quantitative estimate of drug-likeness (QED) is 0.176. The molecule has 0 unspecified atom stereocenters. The highest BCUT2D eigenvalue weighted by atomic mass is 16.2. The van der Waals surface area contributed by atoms with Crippen molar-refractivity contribution >= 4 is 34.1 Å². The number of rotatable bonds is 11. The maximum Gasteiger partial charge on any atom is 0.246 e. The SMILES string of the molecule is N=C(N)CCCC[C@H](NC(=O)[C@@H](N)Cc1ccccc1)C(=O)Nc1ccc2ccccc2c1. The average Bonchev–Trinajstić information content (AvgIpc) is 2.81. The number of amides is 2. The lowest BCUT2D eigenvalue weighted by Crippen LogP contribution is -2.50. The van der Waals surface area contributed by atoms with Gasteiger partial charge in [-0.15, -0.1) is 0 Å². The molecule has 0 radical (unpaired) electrons. The summed E-state index contributed by atoms with van der Waals surface area (Å²) in [5.41, 5.74) is 13.2. The van der Waals surface area contributed by atoms with Crippen molar-refractivity contribution in [2.75, 3.05) is 5.32 Å². The molecule has 3 rings (SSSR count). The van der Waals surface area contributed by atoms with E-state index in [1.807, 2.05) is 72.8 Å². The van der Waals surface area contributed by atoms with Crippen molar-refractivity contribution in [3.63, 3.8) is 0 Å². The van der Waals surface area contributed by atoms with E-state index < -0.39 is 12.1 Å². The van der Waals surface area contributed by atoms with E-state index in [0.29, 0.717) is 37.8 Å². The number of carbonyl (C=O) groups excluding carboxylic acids is 2. The number of anilines is 1. The summed E-state index contributed by atoms with van der Waals surface area (Å²) in [5, 5.41) is 15.2. The number of hydrogen-bond donors (Lipinski definition) is 5. The molecule has 2 atom stereocenters. The Labute approximate surface area is 194 Å². The Balaban J connectivity index is 1.66. The Kier molecular flexibility index (Phi) is 8.55. The number of benzene rings is 3. The zero-order valence-corrected chi connectivity index (χ0v) is 18.6. The fraction of sp³-hybridized carbons (Fsp3) is 0.269. The third-order valence-electron chi connectivity index (χ3n) is 5.47. The van der Waals surface area contributed by atoms with E-state index in [1.54, 1.807) is 0 Å². The molecule has 0 aliphatic rings. The summed E-state index contributed by atoms with van der Waals surface area (Å²) in [6.07, 6.45) is 2.58. The fourth-order valence-electron chi connectivity index (χ4n) is 3.67. The first kappa shape index (κ1) is 23.9. The highest BCUT2D eigenvalue weighted by molar-refractivity contribution is 5.99. The molecule has 7 N–H and O–H groups in total. The van der Waals surface area contributed by atoms with E-state index in [4.69, 9.17) is 16.9 Å². The van der Waals surface area contributed by atoms with Gasteiger partial charge in [0.1, 0.15) is 6.04 Å². The van der Waals surface area contributed by atoms with Gasteiger partial charge in [-0.05, 0) is 47.7 Å². The summed E-state index contributed by atoms with van der Waals surface area (Å²) >= 11 is 0. The molecule has 0 saturated carbocycles. The van der Waals surface area contributed by atoms with E-state index in [0.717, 1.165) is 16.3 Å². The van der Waals surface area contributed by atoms with Crippen molar-refractivity contribution < 1.29 is 9.59 Å². The molecule has 7 nitrogen and oxygen atoms in total. The van der Waals surface area contributed by atoms with E-state index in [-0.39, 0.29) is 17.6 Å². The Hall–Kier alpha value is -3.71. The molecule has 0 fully saturated rings. The minimum Gasteiger partial charge on any atom is -0.388 e. The topological polar surface area (TPSA) is 134 Å². The van der Waals surface area contributed by atoms with Crippen molar-refractivity contribution in [2.45, 2.75) is 44.2 Å². The summed E-state index contributed by atoms with van der Waals surface area (Å²) in [4.78, 5) is 25.8. The normalized spacial score (nSPS) is 12.6. The summed E-state index contributed by atoms with van der Waals surface area (Å²) in [7, 11) is 0. The first-order valence-corrected chi connectivity index (χ1v) is 11.1. The van der Waals surface area contributed by atoms with Gasteiger partial charge in [-0.25, -0.2) is 0 Å². The van der Waals surface area contributed by atoms with Crippen LogP contribution in [0.1, 0.15) is 31.2 Å². The number of nitrogens with two attached hydrogens (primary N) is 2. The molecular weight excluding hydrogens is 414 g/mol. The molecule has 0 spiro atoms. The minimum absolute atomic E-state index is 0.112. The van der Waals surface area contributed by atoms with Gasteiger partial charge < -0.3 is 22.1 Å². The fourth-order valence-corrected chi connectivity index (χ4v) is 3.67. The highest BCUT2D eigenvalue weighted by Crippen LogP contribution is 2.19. The molecule has 2 amide bonds. The number of amidine groups is 1. The lowest BCUT2D eigenvalue weighted by molar-refractivity contribution is -0.127. The van der Waals surface area contributed by atoms with Crippen LogP contribution in [0.25, 0.3) is 10.8 Å². The minimum atomic E-state index is -0.763. The van der Waals surface area contributed by atoms with E-state index in [1.165, 1.54) is 0 Å². The monoisotopic (exact) mass is 445 g/mol. The van der Waals surface area contributed by atoms with Crippen LogP contribution < -0.4 is 22.1 Å². The van der Waals surface area contributed by atoms with Gasteiger partial charge in [0.05, 0.1) is 11.9 Å². The van der Waals surface area contributed by atoms with Gasteiger partial charge in [-0.1, -0.05) is 67.1 Å². The number of hydrogen-bond acceptors (Lipinski definition) is 4. The predicted octanol–water partition coefficient (Wildman–Crippen LogP) is 3.33. The van der Waals surface area contributed by atoms with Crippen molar-refractivity contribution in [3.05, 3.63) is 78.4 Å². The molecular formula is C26H31N5O2. The largest absolute Gasteiger partial charge is 0.388 e. The summed E-state index contributed by atoms with van der Waals surface area (Å²) in [5.74, 6) is -0.557. The first-order valence-electron chi connectivity index (χ1n) is 11.1. The van der Waals surface area contributed by atoms with Gasteiger partial charge in [0.15, 0.2) is 0 Å². The third-order valence-corrected chi connectivity index (χ3v) is 5.47. The number of nitrogens with one attached hydrogen (secondary N) is 3. The molecule has 0 aliphatic carbocycles. The molecule has 0 aromatic heterocycles. The van der Waals surface area contributed by atoms with Crippen LogP contribution in [0.5, 0.6) is 0 Å². The molecule has 0 bridgehead atoms. The summed E-state index contributed by atoms with van der Waals surface area (Å²) in [6.45, 7) is 0. The number of carbonyl (C=O) groups is 2. The van der Waals surface area contributed by atoms with Crippen LogP contribution >= 0.6 is 0 Å². The predicted molar refractivity (Wildman–Crippen MR) is 133 cm³/mol. The first-order chi connectivity index (χ1) is 15.9. The van der Waals surface area contributed by atoms with Crippen LogP contribution in [-0.2, 0) is 16.0 Å². The second kappa shape index (κ2) is 11.8. The van der Waals surface area contributed by atoms with Gasteiger partial charge in [-0.3, -0.25) is 15.0 Å². The van der Waals surface area contributed by atoms with E-state index >= 15 is 0 Å². The van der Waals surface area contributed by atoms with Crippen molar-refractivity contribution in [3.8, 4) is 0 Å². The molecule has 0 saturated heterocycles. The second-order valence-corrected chi connectivity index (χ2v) is 8.18. The lowest BCUT2D eigenvalue weighted by Gasteiger charge is -2.21. The second-order valence-electron chi connectivity index (χ2n) is 8.18. The Morgan fingerprint density at radius 2 is 1.58 bits per heavy atom. The summed E-state index contributed by atoms with van der Waals surface area (Å²) < 4.78 is 0. The Morgan fingerprint density at radius 1 is 0.879 bits per heavy atom. The smallest absolute Gasteiger partial charge is 0.246 e. The molecule has 33 heavy (non-hydrogen) atoms. The third kappa shape index (κ3) is 7.43. The van der Waals surface area contributed by atoms with Crippen LogP contribution in [0, 0.1) is 5.41 Å². The van der Waals surface area contributed by atoms with E-state index in [2.05, 4.69) is 10.6 Å². The molecule has 172 valence electrons. The van der Waals surface area contributed by atoms with Gasteiger partial charge in [-0.2, -0.15) is 0 Å². The van der Waals surface area contributed by atoms with Gasteiger partial charge in [0, 0.05) is 12.1 Å². The van der Waals surface area contributed by atoms with Crippen molar-refractivity contribution in [2.24, 2.45) is 11.5 Å². The van der Waals surface area contributed by atoms with Crippen LogP contribution in [0.2, 0.25) is 0 Å². The molecule has 7 heteroatoms. The van der Waals surface area contributed by atoms with Crippen LogP contribution in [0.4, 0.5) is 5.69 Å². The Morgan fingerprint density at radius 3 is 2.30 bits per heavy atom. The average molecular weight is 446 g/mol. The van der Waals surface area contributed by atoms with Gasteiger partial charge >= 0.3 is 0 Å². The van der Waals surface area contributed by atoms with Crippen LogP contribution in [0.3, 0.4) is 0 Å². The van der Waals surface area contributed by atoms with E-state index in [9.17, 15) is 9.59 Å². The molecule has 0 heterocycles. The van der Waals surface area contributed by atoms with Crippen molar-refractivity contribution in [1.29, 1.82) is 5.41 Å². The number of fused-ring (bicyclic) bond motifs is 1. The summed E-state index contributed by atoms with van der Waals surface area (Å²) in [6, 6.07) is 21.6. The molecule has 3 aromatic carbocycles. The standard InChI is InChI=1S/C26H31N5O2/c27-22(16-18-8-2-1-3-9-18)25(32)31-23(12-6-7-13-24(28)29)26(33)30-21-15-14-19-10-4-5-11-20(19)17-21/h1-5,8-11,14-15,17,22-23H,6-7,12-13,16,27H2,(H3,28,29)(H,30,33)(H,31,32)/t22-,23-/m0/s1. The van der Waals surface area contributed by atoms with Crippen LogP contribution in [-0.4, -0.2) is 29.7 Å². The maximum atomic E-state index is 13.1. The van der Waals surface area contributed by atoms with Crippen molar-refractivity contribution in [1.82, 2.24) is 5.32 Å². The maximum absolute atomic E-state index is 13.1.